The second-order valence-electron chi connectivity index (χ2n) is 3.35. The van der Waals surface area contributed by atoms with E-state index in [1.807, 2.05) is 13.8 Å². The first kappa shape index (κ1) is 8.53. The standard InChI is InChI=1S/C8H14O3/c1-5-6(4-9)8(5,2)7(10)11-3/h5-6,9H,4H2,1-3H3. The summed E-state index contributed by atoms with van der Waals surface area (Å²) >= 11 is 0. The van der Waals surface area contributed by atoms with Gasteiger partial charge in [0, 0.05) is 12.5 Å². The number of methoxy groups -OCH3 is 1. The van der Waals surface area contributed by atoms with Crippen molar-refractivity contribution in [1.29, 1.82) is 0 Å². The molecule has 0 saturated heterocycles. The molecule has 0 aromatic carbocycles. The molecule has 0 heterocycles. The molecule has 3 heteroatoms. The van der Waals surface area contributed by atoms with Crippen molar-refractivity contribution < 1.29 is 14.6 Å². The normalized spacial score (nSPS) is 41.8. The zero-order valence-corrected chi connectivity index (χ0v) is 7.13. The minimum Gasteiger partial charge on any atom is -0.469 e. The second-order valence-corrected chi connectivity index (χ2v) is 3.35. The quantitative estimate of drug-likeness (QED) is 0.592. The van der Waals surface area contributed by atoms with E-state index in [2.05, 4.69) is 4.74 Å². The van der Waals surface area contributed by atoms with Gasteiger partial charge < -0.3 is 9.84 Å². The predicted octanol–water partition coefficient (Wildman–Crippen LogP) is 0.424. The summed E-state index contributed by atoms with van der Waals surface area (Å²) in [7, 11) is 1.38. The largest absolute Gasteiger partial charge is 0.469 e. The van der Waals surface area contributed by atoms with Gasteiger partial charge in [-0.2, -0.15) is 0 Å². The molecule has 0 spiro atoms. The van der Waals surface area contributed by atoms with Gasteiger partial charge in [0.1, 0.15) is 0 Å². The maximum atomic E-state index is 11.1. The lowest BCUT2D eigenvalue weighted by molar-refractivity contribution is -0.147. The fraction of sp³-hybridized carbons (Fsp3) is 0.875. The Bertz CT molecular complexity index is 178. The van der Waals surface area contributed by atoms with Crippen molar-refractivity contribution in [2.45, 2.75) is 13.8 Å². The molecule has 1 saturated carbocycles. The highest BCUT2D eigenvalue weighted by Gasteiger charge is 2.64. The number of aliphatic hydroxyl groups excluding tert-OH is 1. The molecule has 0 aromatic heterocycles. The molecule has 1 rings (SSSR count). The number of rotatable bonds is 2. The second kappa shape index (κ2) is 2.48. The van der Waals surface area contributed by atoms with Gasteiger partial charge in [-0.1, -0.05) is 6.92 Å². The van der Waals surface area contributed by atoms with E-state index in [-0.39, 0.29) is 24.4 Å². The van der Waals surface area contributed by atoms with Crippen LogP contribution < -0.4 is 0 Å². The van der Waals surface area contributed by atoms with Crippen LogP contribution in [-0.2, 0) is 9.53 Å². The molecule has 0 bridgehead atoms. The van der Waals surface area contributed by atoms with E-state index >= 15 is 0 Å². The summed E-state index contributed by atoms with van der Waals surface area (Å²) in [4.78, 5) is 11.1. The molecule has 1 aliphatic carbocycles. The van der Waals surface area contributed by atoms with Crippen LogP contribution in [0.25, 0.3) is 0 Å². The first-order valence-electron chi connectivity index (χ1n) is 3.78. The first-order valence-corrected chi connectivity index (χ1v) is 3.78. The SMILES string of the molecule is COC(=O)C1(C)C(C)C1CO. The fourth-order valence-corrected chi connectivity index (χ4v) is 1.74. The van der Waals surface area contributed by atoms with Crippen LogP contribution in [0.5, 0.6) is 0 Å². The molecule has 3 atom stereocenters. The molecular formula is C8H14O3. The van der Waals surface area contributed by atoms with Crippen LogP contribution in [0.3, 0.4) is 0 Å². The van der Waals surface area contributed by atoms with E-state index in [0.717, 1.165) is 0 Å². The van der Waals surface area contributed by atoms with Crippen molar-refractivity contribution in [3.05, 3.63) is 0 Å². The van der Waals surface area contributed by atoms with Crippen LogP contribution in [-0.4, -0.2) is 24.8 Å². The number of carbonyl (C=O) groups excluding carboxylic acids is 1. The maximum Gasteiger partial charge on any atom is 0.312 e. The van der Waals surface area contributed by atoms with E-state index in [4.69, 9.17) is 5.11 Å². The summed E-state index contributed by atoms with van der Waals surface area (Å²) in [5.41, 5.74) is -0.427. The van der Waals surface area contributed by atoms with Crippen molar-refractivity contribution in [2.75, 3.05) is 13.7 Å². The predicted molar refractivity (Wildman–Crippen MR) is 39.9 cm³/mol. The summed E-state index contributed by atoms with van der Waals surface area (Å²) in [6.45, 7) is 3.87. The Kier molecular flexibility index (Phi) is 1.92. The minimum absolute atomic E-state index is 0.0762. The van der Waals surface area contributed by atoms with Crippen LogP contribution in [0, 0.1) is 17.3 Å². The molecular weight excluding hydrogens is 144 g/mol. The van der Waals surface area contributed by atoms with Crippen LogP contribution in [0.15, 0.2) is 0 Å². The number of ether oxygens (including phenoxy) is 1. The van der Waals surface area contributed by atoms with Gasteiger partial charge in [-0.25, -0.2) is 0 Å². The van der Waals surface area contributed by atoms with Crippen LogP contribution >= 0.6 is 0 Å². The third kappa shape index (κ3) is 0.948. The Balaban J connectivity index is 2.65. The highest BCUT2D eigenvalue weighted by Crippen LogP contribution is 2.58. The molecule has 1 N–H and O–H groups in total. The topological polar surface area (TPSA) is 46.5 Å². The number of esters is 1. The molecule has 11 heavy (non-hydrogen) atoms. The number of carbonyl (C=O) groups is 1. The van der Waals surface area contributed by atoms with Gasteiger partial charge >= 0.3 is 5.97 Å². The minimum atomic E-state index is -0.427. The van der Waals surface area contributed by atoms with Crippen molar-refractivity contribution >= 4 is 5.97 Å². The molecule has 0 amide bonds. The van der Waals surface area contributed by atoms with Gasteiger partial charge in [0.2, 0.25) is 0 Å². The van der Waals surface area contributed by atoms with Gasteiger partial charge in [-0.3, -0.25) is 4.79 Å². The van der Waals surface area contributed by atoms with E-state index in [9.17, 15) is 4.79 Å². The Hall–Kier alpha value is -0.570. The molecule has 0 aliphatic heterocycles. The molecule has 3 unspecified atom stereocenters. The van der Waals surface area contributed by atoms with Crippen molar-refractivity contribution in [1.82, 2.24) is 0 Å². The van der Waals surface area contributed by atoms with Gasteiger partial charge in [0.15, 0.2) is 0 Å². The van der Waals surface area contributed by atoms with Crippen molar-refractivity contribution in [3.8, 4) is 0 Å². The Labute approximate surface area is 66.4 Å². The highest BCUT2D eigenvalue weighted by molar-refractivity contribution is 5.80. The van der Waals surface area contributed by atoms with E-state index in [1.54, 1.807) is 0 Å². The van der Waals surface area contributed by atoms with Crippen LogP contribution in [0.2, 0.25) is 0 Å². The third-order valence-corrected chi connectivity index (χ3v) is 3.03. The molecule has 1 aliphatic rings. The van der Waals surface area contributed by atoms with Gasteiger partial charge in [-0.15, -0.1) is 0 Å². The highest BCUT2D eigenvalue weighted by atomic mass is 16.5. The Morgan fingerprint density at radius 2 is 2.27 bits per heavy atom. The van der Waals surface area contributed by atoms with E-state index < -0.39 is 5.41 Å². The average Bonchev–Trinajstić information content (AvgIpc) is 2.54. The van der Waals surface area contributed by atoms with E-state index in [1.165, 1.54) is 7.11 Å². The molecule has 3 nitrogen and oxygen atoms in total. The summed E-state index contributed by atoms with van der Waals surface area (Å²) in [5, 5.41) is 8.85. The zero-order valence-electron chi connectivity index (χ0n) is 7.13. The summed E-state index contributed by atoms with van der Waals surface area (Å²) < 4.78 is 4.63. The Morgan fingerprint density at radius 1 is 1.73 bits per heavy atom. The Morgan fingerprint density at radius 3 is 2.55 bits per heavy atom. The van der Waals surface area contributed by atoms with Crippen molar-refractivity contribution in [3.63, 3.8) is 0 Å². The smallest absolute Gasteiger partial charge is 0.312 e. The lowest BCUT2D eigenvalue weighted by Crippen LogP contribution is -2.18. The summed E-state index contributed by atoms with van der Waals surface area (Å²) in [5.74, 6) is 0.138. The van der Waals surface area contributed by atoms with Gasteiger partial charge in [0.05, 0.1) is 12.5 Å². The lowest BCUT2D eigenvalue weighted by atomic mass is 10.1. The molecule has 0 aromatic rings. The fourth-order valence-electron chi connectivity index (χ4n) is 1.74. The summed E-state index contributed by atoms with van der Waals surface area (Å²) in [6.07, 6.45) is 0. The average molecular weight is 158 g/mol. The summed E-state index contributed by atoms with van der Waals surface area (Å²) in [6, 6.07) is 0. The molecule has 0 radical (unpaired) electrons. The van der Waals surface area contributed by atoms with Crippen LogP contribution in [0.4, 0.5) is 0 Å². The lowest BCUT2D eigenvalue weighted by Gasteiger charge is -2.06. The maximum absolute atomic E-state index is 11.1. The molecule has 1 fully saturated rings. The molecule has 64 valence electrons. The third-order valence-electron chi connectivity index (χ3n) is 3.03. The zero-order chi connectivity index (χ0) is 8.65. The number of hydrogen-bond acceptors (Lipinski definition) is 3. The monoisotopic (exact) mass is 158 g/mol. The van der Waals surface area contributed by atoms with E-state index in [0.29, 0.717) is 0 Å². The van der Waals surface area contributed by atoms with Gasteiger partial charge in [0.25, 0.3) is 0 Å². The number of hydrogen-bond donors (Lipinski definition) is 1. The van der Waals surface area contributed by atoms with Gasteiger partial charge in [-0.05, 0) is 12.8 Å². The van der Waals surface area contributed by atoms with Crippen LogP contribution in [0.1, 0.15) is 13.8 Å². The first-order chi connectivity index (χ1) is 5.08. The number of aliphatic hydroxyl groups is 1. The van der Waals surface area contributed by atoms with Crippen molar-refractivity contribution in [2.24, 2.45) is 17.3 Å².